The van der Waals surface area contributed by atoms with Gasteiger partial charge >= 0.3 is 0 Å². The normalized spacial score (nSPS) is 11.0. The summed E-state index contributed by atoms with van der Waals surface area (Å²) in [5, 5.41) is 0. The zero-order chi connectivity index (χ0) is 21.5. The first-order valence-electron chi connectivity index (χ1n) is 9.96. The Morgan fingerprint density at radius 3 is 2.42 bits per heavy atom. The van der Waals surface area contributed by atoms with E-state index in [1.165, 1.54) is 6.08 Å². The number of rotatable bonds is 9. The Kier molecular flexibility index (Phi) is 6.28. The van der Waals surface area contributed by atoms with E-state index >= 15 is 0 Å². The summed E-state index contributed by atoms with van der Waals surface area (Å²) in [5.74, 6) is 2.70. The lowest BCUT2D eigenvalue weighted by molar-refractivity contribution is 0.104. The Bertz CT molecular complexity index is 1140. The van der Waals surface area contributed by atoms with Crippen LogP contribution >= 0.6 is 0 Å². The average molecular weight is 414 g/mol. The maximum atomic E-state index is 12.4. The van der Waals surface area contributed by atoms with Crippen LogP contribution in [0.4, 0.5) is 0 Å². The van der Waals surface area contributed by atoms with Crippen molar-refractivity contribution in [3.05, 3.63) is 103 Å². The van der Waals surface area contributed by atoms with Gasteiger partial charge in [0.15, 0.2) is 5.78 Å². The number of nitrogens with zero attached hydrogens (tertiary/aromatic N) is 2. The standard InChI is InChI=1S/C25H22N2O4/c1-2-29-21-7-9-22(10-8-21)30-17-24-12-11-23(31-24)13-14-25(28)19-3-5-20(6-4-19)27-16-15-26-18-27/h3-16,18H,2,17H2,1H3/b14-13+. The Balaban J connectivity index is 1.32. The summed E-state index contributed by atoms with van der Waals surface area (Å²) in [7, 11) is 0. The highest BCUT2D eigenvalue weighted by Crippen LogP contribution is 2.19. The van der Waals surface area contributed by atoms with E-state index in [0.717, 1.165) is 17.2 Å². The molecule has 0 spiro atoms. The van der Waals surface area contributed by atoms with E-state index in [9.17, 15) is 4.79 Å². The van der Waals surface area contributed by atoms with E-state index in [4.69, 9.17) is 13.9 Å². The quantitative estimate of drug-likeness (QED) is 0.273. The number of benzene rings is 2. The van der Waals surface area contributed by atoms with Crippen molar-refractivity contribution < 1.29 is 18.7 Å². The highest BCUT2D eigenvalue weighted by atomic mass is 16.5. The summed E-state index contributed by atoms with van der Waals surface area (Å²) >= 11 is 0. The molecule has 156 valence electrons. The van der Waals surface area contributed by atoms with Crippen LogP contribution in [0, 0.1) is 0 Å². The molecular weight excluding hydrogens is 392 g/mol. The van der Waals surface area contributed by atoms with Gasteiger partial charge in [-0.3, -0.25) is 4.79 Å². The number of hydrogen-bond acceptors (Lipinski definition) is 5. The van der Waals surface area contributed by atoms with Gasteiger partial charge in [-0.25, -0.2) is 4.98 Å². The number of aromatic nitrogens is 2. The van der Waals surface area contributed by atoms with Crippen LogP contribution in [0.2, 0.25) is 0 Å². The van der Waals surface area contributed by atoms with Crippen LogP contribution in [0.15, 0.2) is 89.9 Å². The minimum atomic E-state index is -0.0965. The molecule has 0 N–H and O–H groups in total. The Labute approximate surface area is 180 Å². The third-order valence-corrected chi connectivity index (χ3v) is 4.55. The van der Waals surface area contributed by atoms with Gasteiger partial charge in [0.25, 0.3) is 0 Å². The predicted octanol–water partition coefficient (Wildman–Crippen LogP) is 5.34. The summed E-state index contributed by atoms with van der Waals surface area (Å²) in [6.07, 6.45) is 8.44. The van der Waals surface area contributed by atoms with Crippen LogP contribution < -0.4 is 9.47 Å². The molecule has 6 nitrogen and oxygen atoms in total. The zero-order valence-electron chi connectivity index (χ0n) is 17.1. The molecular formula is C25H22N2O4. The highest BCUT2D eigenvalue weighted by molar-refractivity contribution is 6.06. The average Bonchev–Trinajstić information content (AvgIpc) is 3.50. The van der Waals surface area contributed by atoms with E-state index in [1.807, 2.05) is 66.2 Å². The van der Waals surface area contributed by atoms with Crippen molar-refractivity contribution in [1.29, 1.82) is 0 Å². The lowest BCUT2D eigenvalue weighted by Crippen LogP contribution is -1.96. The topological polar surface area (TPSA) is 66.5 Å². The highest BCUT2D eigenvalue weighted by Gasteiger charge is 2.05. The third-order valence-electron chi connectivity index (χ3n) is 4.55. The molecule has 0 fully saturated rings. The number of carbonyl (C=O) groups is 1. The Morgan fingerprint density at radius 2 is 1.74 bits per heavy atom. The molecule has 0 unspecified atom stereocenters. The van der Waals surface area contributed by atoms with Crippen LogP contribution in [0.5, 0.6) is 11.5 Å². The second-order valence-corrected chi connectivity index (χ2v) is 6.71. The third kappa shape index (κ3) is 5.30. The van der Waals surface area contributed by atoms with Gasteiger partial charge < -0.3 is 18.5 Å². The number of ether oxygens (including phenoxy) is 2. The first-order valence-corrected chi connectivity index (χ1v) is 9.96. The van der Waals surface area contributed by atoms with Crippen molar-refractivity contribution >= 4 is 11.9 Å². The van der Waals surface area contributed by atoms with Crippen LogP contribution in [-0.2, 0) is 6.61 Å². The molecule has 0 aliphatic carbocycles. The maximum Gasteiger partial charge on any atom is 0.185 e. The first kappa shape index (κ1) is 20.2. The Morgan fingerprint density at radius 1 is 1.00 bits per heavy atom. The lowest BCUT2D eigenvalue weighted by atomic mass is 10.1. The van der Waals surface area contributed by atoms with Gasteiger partial charge in [-0.05, 0) is 79.7 Å². The van der Waals surface area contributed by atoms with E-state index in [2.05, 4.69) is 4.98 Å². The molecule has 0 saturated heterocycles. The zero-order valence-corrected chi connectivity index (χ0v) is 17.1. The van der Waals surface area contributed by atoms with E-state index in [1.54, 1.807) is 30.7 Å². The second-order valence-electron chi connectivity index (χ2n) is 6.71. The van der Waals surface area contributed by atoms with Gasteiger partial charge in [0.2, 0.25) is 0 Å². The van der Waals surface area contributed by atoms with Crippen molar-refractivity contribution in [3.63, 3.8) is 0 Å². The number of ketones is 1. The van der Waals surface area contributed by atoms with Crippen LogP contribution in [0.1, 0.15) is 28.8 Å². The van der Waals surface area contributed by atoms with Gasteiger partial charge in [0.1, 0.15) is 29.6 Å². The number of imidazole rings is 1. The van der Waals surface area contributed by atoms with E-state index < -0.39 is 0 Å². The van der Waals surface area contributed by atoms with Crippen LogP contribution in [0.3, 0.4) is 0 Å². The smallest absolute Gasteiger partial charge is 0.185 e. The van der Waals surface area contributed by atoms with Crippen molar-refractivity contribution in [3.8, 4) is 17.2 Å². The molecule has 4 aromatic rings. The van der Waals surface area contributed by atoms with Crippen molar-refractivity contribution in [1.82, 2.24) is 9.55 Å². The fourth-order valence-corrected chi connectivity index (χ4v) is 2.98. The number of hydrogen-bond donors (Lipinski definition) is 0. The fourth-order valence-electron chi connectivity index (χ4n) is 2.98. The van der Waals surface area contributed by atoms with Crippen molar-refractivity contribution in [2.45, 2.75) is 13.5 Å². The molecule has 4 rings (SSSR count). The molecule has 0 aliphatic rings. The van der Waals surface area contributed by atoms with Gasteiger partial charge in [0.05, 0.1) is 12.9 Å². The predicted molar refractivity (Wildman–Crippen MR) is 118 cm³/mol. The van der Waals surface area contributed by atoms with E-state index in [0.29, 0.717) is 30.3 Å². The van der Waals surface area contributed by atoms with E-state index in [-0.39, 0.29) is 5.78 Å². The summed E-state index contributed by atoms with van der Waals surface area (Å²) in [6.45, 7) is 2.87. The second kappa shape index (κ2) is 9.63. The lowest BCUT2D eigenvalue weighted by Gasteiger charge is -2.06. The SMILES string of the molecule is CCOc1ccc(OCc2ccc(/C=C/C(=O)c3ccc(-n4ccnc4)cc3)o2)cc1. The largest absolute Gasteiger partial charge is 0.494 e. The van der Waals surface area contributed by atoms with Gasteiger partial charge in [-0.2, -0.15) is 0 Å². The summed E-state index contributed by atoms with van der Waals surface area (Å²) < 4.78 is 18.7. The van der Waals surface area contributed by atoms with Crippen LogP contribution in [0.25, 0.3) is 11.8 Å². The van der Waals surface area contributed by atoms with Gasteiger partial charge in [0, 0.05) is 23.6 Å². The first-order chi connectivity index (χ1) is 15.2. The molecule has 2 heterocycles. The molecule has 2 aromatic heterocycles. The Hall–Kier alpha value is -4.06. The minimum Gasteiger partial charge on any atom is -0.494 e. The van der Waals surface area contributed by atoms with Crippen molar-refractivity contribution in [2.75, 3.05) is 6.61 Å². The monoisotopic (exact) mass is 414 g/mol. The number of carbonyl (C=O) groups excluding carboxylic acids is 1. The number of furan rings is 1. The molecule has 0 radical (unpaired) electrons. The molecule has 0 aliphatic heterocycles. The molecule has 2 aromatic carbocycles. The van der Waals surface area contributed by atoms with Gasteiger partial charge in [-0.15, -0.1) is 0 Å². The summed E-state index contributed by atoms with van der Waals surface area (Å²) in [4.78, 5) is 16.4. The molecule has 0 saturated carbocycles. The summed E-state index contributed by atoms with van der Waals surface area (Å²) in [5.41, 5.74) is 1.55. The molecule has 0 bridgehead atoms. The maximum absolute atomic E-state index is 12.4. The fraction of sp³-hybridized carbons (Fsp3) is 0.120. The van der Waals surface area contributed by atoms with Crippen molar-refractivity contribution in [2.24, 2.45) is 0 Å². The summed E-state index contributed by atoms with van der Waals surface area (Å²) in [6, 6.07) is 18.4. The van der Waals surface area contributed by atoms with Crippen LogP contribution in [-0.4, -0.2) is 21.9 Å². The minimum absolute atomic E-state index is 0.0965. The number of allylic oxidation sites excluding steroid dienone is 1. The molecule has 0 atom stereocenters. The molecule has 6 heteroatoms. The van der Waals surface area contributed by atoms with Gasteiger partial charge in [-0.1, -0.05) is 0 Å². The molecule has 0 amide bonds. The molecule has 31 heavy (non-hydrogen) atoms.